The molecule has 132 valence electrons. The van der Waals surface area contributed by atoms with Gasteiger partial charge in [-0.3, -0.25) is 4.79 Å². The van der Waals surface area contributed by atoms with E-state index in [-0.39, 0.29) is 5.91 Å². The van der Waals surface area contributed by atoms with Crippen LogP contribution in [0.4, 0.5) is 11.4 Å². The minimum atomic E-state index is -0.210. The molecule has 0 spiro atoms. The third-order valence-corrected chi connectivity index (χ3v) is 4.70. The smallest absolute Gasteiger partial charge is 0.248 e. The number of amides is 1. The minimum Gasteiger partial charge on any atom is -0.465 e. The van der Waals surface area contributed by atoms with E-state index in [9.17, 15) is 4.79 Å². The maximum absolute atomic E-state index is 12.2. The monoisotopic (exact) mass is 360 g/mol. The van der Waals surface area contributed by atoms with E-state index in [1.807, 2.05) is 12.1 Å². The van der Waals surface area contributed by atoms with Gasteiger partial charge in [-0.2, -0.15) is 0 Å². The molecule has 1 fully saturated rings. The first-order valence-corrected chi connectivity index (χ1v) is 8.94. The molecule has 0 aliphatic carbocycles. The third kappa shape index (κ3) is 4.65. The van der Waals surface area contributed by atoms with Gasteiger partial charge < -0.3 is 19.5 Å². The number of carbonyl (C=O) groups is 1. The molecule has 1 aromatic heterocycles. The molecule has 2 N–H and O–H groups in total. The van der Waals surface area contributed by atoms with Crippen molar-refractivity contribution in [3.8, 4) is 0 Å². The van der Waals surface area contributed by atoms with Crippen LogP contribution in [-0.2, 0) is 4.79 Å². The fourth-order valence-electron chi connectivity index (χ4n) is 3.02. The normalized spacial score (nSPS) is 15.7. The lowest BCUT2D eigenvalue weighted by atomic mass is 10.2. The van der Waals surface area contributed by atoms with Crippen molar-refractivity contribution in [2.45, 2.75) is 6.92 Å². The quantitative estimate of drug-likeness (QED) is 0.804. The highest BCUT2D eigenvalue weighted by Gasteiger charge is 2.21. The highest BCUT2D eigenvalue weighted by Crippen LogP contribution is 2.29. The first kappa shape index (κ1) is 17.6. The number of rotatable bonds is 5. The molecular weight excluding hydrogens is 338 g/mol. The fourth-order valence-corrected chi connectivity index (χ4v) is 3.19. The molecule has 2 heterocycles. The molecule has 0 bridgehead atoms. The van der Waals surface area contributed by atoms with Crippen LogP contribution in [0, 0.1) is 0 Å². The number of anilines is 2. The molecule has 1 saturated heterocycles. The van der Waals surface area contributed by atoms with Crippen LogP contribution in [0.5, 0.6) is 0 Å². The van der Waals surface area contributed by atoms with Crippen molar-refractivity contribution >= 4 is 35.0 Å². The van der Waals surface area contributed by atoms with Gasteiger partial charge >= 0.3 is 0 Å². The molecule has 0 radical (unpaired) electrons. The molecule has 25 heavy (non-hydrogen) atoms. The van der Waals surface area contributed by atoms with Crippen LogP contribution in [0.25, 0.3) is 6.08 Å². The third-order valence-electron chi connectivity index (χ3n) is 4.47. The van der Waals surface area contributed by atoms with Gasteiger partial charge in [-0.15, -0.1) is 0 Å². The van der Waals surface area contributed by atoms with Crippen molar-refractivity contribution in [1.82, 2.24) is 0 Å². The van der Waals surface area contributed by atoms with E-state index >= 15 is 0 Å². The SMILES string of the molecule is CC[NH+]1CCN(c2ccc(Cl)cc2NC(=O)/C=C/c2ccco2)CC1. The first-order chi connectivity index (χ1) is 12.2. The summed E-state index contributed by atoms with van der Waals surface area (Å²) in [6, 6.07) is 9.22. The van der Waals surface area contributed by atoms with Gasteiger partial charge in [0.2, 0.25) is 5.91 Å². The van der Waals surface area contributed by atoms with Crippen LogP contribution in [-0.4, -0.2) is 38.6 Å². The Morgan fingerprint density at radius 1 is 1.36 bits per heavy atom. The summed E-state index contributed by atoms with van der Waals surface area (Å²) in [7, 11) is 0. The van der Waals surface area contributed by atoms with Gasteiger partial charge in [0.05, 0.1) is 50.4 Å². The van der Waals surface area contributed by atoms with Gasteiger partial charge in [-0.1, -0.05) is 11.6 Å². The minimum absolute atomic E-state index is 0.210. The molecule has 0 unspecified atom stereocenters. The highest BCUT2D eigenvalue weighted by molar-refractivity contribution is 6.31. The topological polar surface area (TPSA) is 49.9 Å². The zero-order chi connectivity index (χ0) is 17.6. The van der Waals surface area contributed by atoms with Crippen LogP contribution < -0.4 is 15.1 Å². The summed E-state index contributed by atoms with van der Waals surface area (Å²) in [5.74, 6) is 0.429. The van der Waals surface area contributed by atoms with Gasteiger partial charge in [-0.05, 0) is 43.3 Å². The number of hydrogen-bond acceptors (Lipinski definition) is 3. The number of nitrogens with zero attached hydrogens (tertiary/aromatic N) is 1. The predicted molar refractivity (Wildman–Crippen MR) is 101 cm³/mol. The van der Waals surface area contributed by atoms with Crippen molar-refractivity contribution in [3.63, 3.8) is 0 Å². The number of likely N-dealkylation sites (N-methyl/N-ethyl adjacent to an activating group) is 1. The van der Waals surface area contributed by atoms with Crippen molar-refractivity contribution in [2.24, 2.45) is 0 Å². The van der Waals surface area contributed by atoms with Crippen LogP contribution in [0.15, 0.2) is 47.1 Å². The summed E-state index contributed by atoms with van der Waals surface area (Å²) in [6.07, 6.45) is 4.68. The summed E-state index contributed by atoms with van der Waals surface area (Å²) in [6.45, 7) is 7.50. The number of piperazine rings is 1. The Labute approximate surface area is 152 Å². The van der Waals surface area contributed by atoms with Gasteiger partial charge in [0.1, 0.15) is 5.76 Å². The number of quaternary nitrogens is 1. The average molecular weight is 361 g/mol. The second-order valence-electron chi connectivity index (χ2n) is 6.09. The zero-order valence-corrected chi connectivity index (χ0v) is 15.1. The summed E-state index contributed by atoms with van der Waals surface area (Å²) in [5, 5.41) is 3.54. The molecule has 1 aromatic carbocycles. The Kier molecular flexibility index (Phi) is 5.79. The summed E-state index contributed by atoms with van der Waals surface area (Å²) in [4.78, 5) is 16.2. The number of hydrogen-bond donors (Lipinski definition) is 2. The van der Waals surface area contributed by atoms with Gasteiger partial charge in [0, 0.05) is 11.1 Å². The molecule has 6 heteroatoms. The Balaban J connectivity index is 1.72. The van der Waals surface area contributed by atoms with Crippen molar-refractivity contribution in [1.29, 1.82) is 0 Å². The molecule has 5 nitrogen and oxygen atoms in total. The second kappa shape index (κ2) is 8.23. The Bertz CT molecular complexity index is 735. The van der Waals surface area contributed by atoms with Crippen LogP contribution in [0.3, 0.4) is 0 Å². The van der Waals surface area contributed by atoms with E-state index in [1.165, 1.54) is 6.08 Å². The van der Waals surface area contributed by atoms with Gasteiger partial charge in [-0.25, -0.2) is 0 Å². The fraction of sp³-hybridized carbons (Fsp3) is 0.316. The molecule has 0 saturated carbocycles. The Hall–Kier alpha value is -2.24. The molecule has 3 rings (SSSR count). The van der Waals surface area contributed by atoms with E-state index in [0.29, 0.717) is 10.8 Å². The molecule has 1 amide bonds. The van der Waals surface area contributed by atoms with Gasteiger partial charge in [0.25, 0.3) is 0 Å². The number of benzene rings is 1. The molecule has 1 aliphatic heterocycles. The summed E-state index contributed by atoms with van der Waals surface area (Å²) >= 11 is 6.14. The largest absolute Gasteiger partial charge is 0.465 e. The lowest BCUT2D eigenvalue weighted by Gasteiger charge is -2.34. The lowest BCUT2D eigenvalue weighted by molar-refractivity contribution is -0.898. The molecule has 1 aliphatic rings. The second-order valence-corrected chi connectivity index (χ2v) is 6.53. The number of furan rings is 1. The lowest BCUT2D eigenvalue weighted by Crippen LogP contribution is -3.14. The molecule has 0 atom stereocenters. The van der Waals surface area contributed by atoms with E-state index in [0.717, 1.165) is 44.1 Å². The first-order valence-electron chi connectivity index (χ1n) is 8.56. The number of nitrogens with one attached hydrogen (secondary N) is 2. The maximum Gasteiger partial charge on any atom is 0.248 e. The molecular formula is C19H23ClN3O2+. The van der Waals surface area contributed by atoms with Gasteiger partial charge in [0.15, 0.2) is 0 Å². The molecule has 2 aromatic rings. The highest BCUT2D eigenvalue weighted by atomic mass is 35.5. The average Bonchev–Trinajstić information content (AvgIpc) is 3.14. The van der Waals surface area contributed by atoms with E-state index < -0.39 is 0 Å². The van der Waals surface area contributed by atoms with Crippen LogP contribution >= 0.6 is 11.6 Å². The summed E-state index contributed by atoms with van der Waals surface area (Å²) in [5.41, 5.74) is 1.75. The number of halogens is 1. The standard InChI is InChI=1S/C19H22ClN3O2/c1-2-22-9-11-23(12-10-22)18-7-5-15(20)14-17(18)21-19(24)8-6-16-4-3-13-25-16/h3-8,13-14H,2,9-12H2,1H3,(H,21,24)/p+1/b8-6+. The van der Waals surface area contributed by atoms with Crippen molar-refractivity contribution in [3.05, 3.63) is 53.5 Å². The van der Waals surface area contributed by atoms with Crippen molar-refractivity contribution in [2.75, 3.05) is 42.9 Å². The predicted octanol–water partition coefficient (Wildman–Crippen LogP) is 2.31. The Morgan fingerprint density at radius 3 is 2.84 bits per heavy atom. The Morgan fingerprint density at radius 2 is 2.16 bits per heavy atom. The summed E-state index contributed by atoms with van der Waals surface area (Å²) < 4.78 is 5.19. The van der Waals surface area contributed by atoms with E-state index in [1.54, 1.807) is 35.4 Å². The van der Waals surface area contributed by atoms with E-state index in [4.69, 9.17) is 16.0 Å². The van der Waals surface area contributed by atoms with Crippen LogP contribution in [0.2, 0.25) is 5.02 Å². The van der Waals surface area contributed by atoms with Crippen molar-refractivity contribution < 1.29 is 14.1 Å². The van der Waals surface area contributed by atoms with Crippen LogP contribution in [0.1, 0.15) is 12.7 Å². The maximum atomic E-state index is 12.2. The van der Waals surface area contributed by atoms with E-state index in [2.05, 4.69) is 17.1 Å². The zero-order valence-electron chi connectivity index (χ0n) is 14.3. The number of carbonyl (C=O) groups excluding carboxylic acids is 1.